The van der Waals surface area contributed by atoms with Crippen LogP contribution in [0.2, 0.25) is 0 Å². The summed E-state index contributed by atoms with van der Waals surface area (Å²) in [5.74, 6) is -0.304. The van der Waals surface area contributed by atoms with Crippen molar-refractivity contribution >= 4 is 11.9 Å². The van der Waals surface area contributed by atoms with Gasteiger partial charge >= 0.3 is 0 Å². The minimum absolute atomic E-state index is 0.333. The van der Waals surface area contributed by atoms with E-state index in [1.54, 1.807) is 12.1 Å². The monoisotopic (exact) mass is 323 g/mol. The Morgan fingerprint density at radius 2 is 1.62 bits per heavy atom. The van der Waals surface area contributed by atoms with E-state index in [2.05, 4.69) is 4.99 Å². The lowest BCUT2D eigenvalue weighted by molar-refractivity contribution is 0.304. The molecular formula is C20H15F2NO. The Kier molecular flexibility index (Phi) is 4.96. The molecule has 3 rings (SSSR count). The zero-order valence-electron chi connectivity index (χ0n) is 12.8. The van der Waals surface area contributed by atoms with Crippen molar-refractivity contribution in [3.8, 4) is 5.75 Å². The lowest BCUT2D eigenvalue weighted by atomic mass is 10.2. The van der Waals surface area contributed by atoms with Gasteiger partial charge < -0.3 is 4.74 Å². The zero-order valence-corrected chi connectivity index (χ0v) is 12.8. The Morgan fingerprint density at radius 1 is 0.875 bits per heavy atom. The maximum atomic E-state index is 14.1. The normalized spacial score (nSPS) is 10.9. The highest BCUT2D eigenvalue weighted by molar-refractivity contribution is 5.82. The second kappa shape index (κ2) is 7.51. The van der Waals surface area contributed by atoms with E-state index < -0.39 is 5.82 Å². The van der Waals surface area contributed by atoms with Gasteiger partial charge in [0.25, 0.3) is 0 Å². The fraction of sp³-hybridized carbons (Fsp3) is 0.0500. The molecule has 4 heteroatoms. The predicted octanol–water partition coefficient (Wildman–Crippen LogP) is 5.29. The average Bonchev–Trinajstić information content (AvgIpc) is 2.61. The first-order chi connectivity index (χ1) is 11.7. The van der Waals surface area contributed by atoms with Crippen LogP contribution in [-0.2, 0) is 6.61 Å². The first-order valence-electron chi connectivity index (χ1n) is 7.46. The van der Waals surface area contributed by atoms with Crippen molar-refractivity contribution in [2.24, 2.45) is 4.99 Å². The van der Waals surface area contributed by atoms with E-state index in [9.17, 15) is 8.78 Å². The molecule has 0 N–H and O–H groups in total. The van der Waals surface area contributed by atoms with Gasteiger partial charge in [-0.05, 0) is 42.0 Å². The van der Waals surface area contributed by atoms with Crippen molar-refractivity contribution in [1.29, 1.82) is 0 Å². The van der Waals surface area contributed by atoms with Gasteiger partial charge in [-0.15, -0.1) is 0 Å². The Balaban J connectivity index is 1.67. The summed E-state index contributed by atoms with van der Waals surface area (Å²) in [4.78, 5) is 4.13. The number of halogens is 2. The van der Waals surface area contributed by atoms with E-state index in [0.717, 1.165) is 5.56 Å². The molecule has 0 amide bonds. The molecule has 0 spiro atoms. The van der Waals surface area contributed by atoms with Gasteiger partial charge in [0, 0.05) is 17.8 Å². The van der Waals surface area contributed by atoms with Gasteiger partial charge in [0.15, 0.2) is 0 Å². The second-order valence-corrected chi connectivity index (χ2v) is 5.19. The van der Waals surface area contributed by atoms with Gasteiger partial charge in [-0.2, -0.15) is 0 Å². The third kappa shape index (κ3) is 4.26. The molecular weight excluding hydrogens is 308 g/mol. The standard InChI is InChI=1S/C20H15F2NO/c21-17-7-9-18(10-8-17)23-13-16-6-11-19(12-20(16)22)24-14-15-4-2-1-3-5-15/h1-13H,14H2/b23-13+. The number of nitrogens with zero attached hydrogens (tertiary/aromatic N) is 1. The van der Waals surface area contributed by atoms with Crippen molar-refractivity contribution in [2.45, 2.75) is 6.61 Å². The van der Waals surface area contributed by atoms with Crippen LogP contribution in [0.15, 0.2) is 77.8 Å². The highest BCUT2D eigenvalue weighted by Gasteiger charge is 2.03. The number of hydrogen-bond donors (Lipinski definition) is 0. The summed E-state index contributed by atoms with van der Waals surface area (Å²) in [6, 6.07) is 20.0. The number of aliphatic imine (C=N–C) groups is 1. The lowest BCUT2D eigenvalue weighted by Crippen LogP contribution is -1.96. The SMILES string of the molecule is Fc1ccc(/N=C/c2ccc(OCc3ccccc3)cc2F)cc1. The Hall–Kier alpha value is -3.01. The van der Waals surface area contributed by atoms with Crippen LogP contribution in [-0.4, -0.2) is 6.21 Å². The number of ether oxygens (including phenoxy) is 1. The average molecular weight is 323 g/mol. The number of rotatable bonds is 5. The van der Waals surface area contributed by atoms with E-state index in [1.807, 2.05) is 30.3 Å². The summed E-state index contributed by atoms with van der Waals surface area (Å²) < 4.78 is 32.5. The topological polar surface area (TPSA) is 21.6 Å². The molecule has 2 nitrogen and oxygen atoms in total. The molecule has 0 aliphatic rings. The van der Waals surface area contributed by atoms with Crippen molar-refractivity contribution in [2.75, 3.05) is 0 Å². The van der Waals surface area contributed by atoms with E-state index in [-0.39, 0.29) is 5.82 Å². The molecule has 0 bridgehead atoms. The first-order valence-corrected chi connectivity index (χ1v) is 7.46. The molecule has 3 aromatic carbocycles. The molecule has 0 fully saturated rings. The highest BCUT2D eigenvalue weighted by Crippen LogP contribution is 2.18. The zero-order chi connectivity index (χ0) is 16.8. The van der Waals surface area contributed by atoms with E-state index in [0.29, 0.717) is 23.6 Å². The summed E-state index contributed by atoms with van der Waals surface area (Å²) in [5.41, 5.74) is 1.91. The molecule has 120 valence electrons. The second-order valence-electron chi connectivity index (χ2n) is 5.19. The largest absolute Gasteiger partial charge is 0.489 e. The van der Waals surface area contributed by atoms with Crippen LogP contribution in [0.25, 0.3) is 0 Å². The molecule has 0 heterocycles. The third-order valence-corrected chi connectivity index (χ3v) is 3.40. The number of hydrogen-bond acceptors (Lipinski definition) is 2. The van der Waals surface area contributed by atoms with Crippen LogP contribution in [0.1, 0.15) is 11.1 Å². The van der Waals surface area contributed by atoms with Crippen LogP contribution in [0, 0.1) is 11.6 Å². The van der Waals surface area contributed by atoms with Gasteiger partial charge in [0.05, 0.1) is 5.69 Å². The third-order valence-electron chi connectivity index (χ3n) is 3.40. The van der Waals surface area contributed by atoms with Gasteiger partial charge in [0.2, 0.25) is 0 Å². The Morgan fingerprint density at radius 3 is 2.33 bits per heavy atom. The molecule has 0 saturated carbocycles. The first kappa shape index (κ1) is 15.9. The summed E-state index contributed by atoms with van der Waals surface area (Å²) in [6.07, 6.45) is 1.41. The number of benzene rings is 3. The van der Waals surface area contributed by atoms with E-state index in [4.69, 9.17) is 4.74 Å². The molecule has 0 saturated heterocycles. The molecule has 0 aliphatic carbocycles. The predicted molar refractivity (Wildman–Crippen MR) is 90.8 cm³/mol. The van der Waals surface area contributed by atoms with Gasteiger partial charge in [-0.25, -0.2) is 8.78 Å². The maximum Gasteiger partial charge on any atom is 0.135 e. The van der Waals surface area contributed by atoms with Gasteiger partial charge in [0.1, 0.15) is 24.0 Å². The van der Waals surface area contributed by atoms with E-state index in [1.165, 1.54) is 36.5 Å². The quantitative estimate of drug-likeness (QED) is 0.584. The summed E-state index contributed by atoms with van der Waals surface area (Å²) in [7, 11) is 0. The fourth-order valence-corrected chi connectivity index (χ4v) is 2.11. The van der Waals surface area contributed by atoms with Crippen molar-refractivity contribution in [3.63, 3.8) is 0 Å². The molecule has 3 aromatic rings. The molecule has 24 heavy (non-hydrogen) atoms. The van der Waals surface area contributed by atoms with Crippen molar-refractivity contribution in [1.82, 2.24) is 0 Å². The molecule has 0 atom stereocenters. The van der Waals surface area contributed by atoms with Crippen LogP contribution in [0.4, 0.5) is 14.5 Å². The van der Waals surface area contributed by atoms with Crippen molar-refractivity contribution < 1.29 is 13.5 Å². The highest BCUT2D eigenvalue weighted by atomic mass is 19.1. The van der Waals surface area contributed by atoms with Gasteiger partial charge in [-0.1, -0.05) is 30.3 Å². The van der Waals surface area contributed by atoms with Crippen LogP contribution in [0.3, 0.4) is 0 Å². The summed E-state index contributed by atoms with van der Waals surface area (Å²) >= 11 is 0. The summed E-state index contributed by atoms with van der Waals surface area (Å²) in [5, 5.41) is 0. The molecule has 0 unspecified atom stereocenters. The van der Waals surface area contributed by atoms with Gasteiger partial charge in [-0.3, -0.25) is 4.99 Å². The summed E-state index contributed by atoms with van der Waals surface area (Å²) in [6.45, 7) is 0.378. The minimum Gasteiger partial charge on any atom is -0.489 e. The smallest absolute Gasteiger partial charge is 0.135 e. The van der Waals surface area contributed by atoms with Crippen molar-refractivity contribution in [3.05, 3.63) is 95.6 Å². The van der Waals surface area contributed by atoms with Crippen LogP contribution < -0.4 is 4.74 Å². The minimum atomic E-state index is -0.425. The Bertz CT molecular complexity index is 830. The molecule has 0 radical (unpaired) electrons. The molecule has 0 aliphatic heterocycles. The fourth-order valence-electron chi connectivity index (χ4n) is 2.11. The Labute approximate surface area is 139 Å². The van der Waals surface area contributed by atoms with Crippen LogP contribution in [0.5, 0.6) is 5.75 Å². The van der Waals surface area contributed by atoms with E-state index >= 15 is 0 Å². The van der Waals surface area contributed by atoms with Crippen LogP contribution >= 0.6 is 0 Å². The maximum absolute atomic E-state index is 14.1. The molecule has 0 aromatic heterocycles. The lowest BCUT2D eigenvalue weighted by Gasteiger charge is -2.07.